The molecule has 0 amide bonds. The van der Waals surface area contributed by atoms with Crippen molar-refractivity contribution in [1.82, 2.24) is 15.1 Å². The Balaban J connectivity index is 2.47. The molecule has 1 aromatic rings. The van der Waals surface area contributed by atoms with E-state index in [1.165, 1.54) is 0 Å². The first-order valence-corrected chi connectivity index (χ1v) is 5.15. The van der Waals surface area contributed by atoms with Gasteiger partial charge < -0.3 is 5.32 Å². The Labute approximate surface area is 83.3 Å². The highest BCUT2D eigenvalue weighted by Crippen LogP contribution is 2.12. The van der Waals surface area contributed by atoms with Gasteiger partial charge in [0, 0.05) is 24.2 Å². The molecular weight excluding hydrogens is 178 g/mol. The third kappa shape index (κ3) is 1.39. The van der Waals surface area contributed by atoms with E-state index >= 15 is 0 Å². The molecule has 1 aliphatic rings. The summed E-state index contributed by atoms with van der Waals surface area (Å²) in [6.45, 7) is 6.92. The maximum absolute atomic E-state index is 11.9. The van der Waals surface area contributed by atoms with Crippen LogP contribution in [0.4, 0.5) is 0 Å². The molecule has 14 heavy (non-hydrogen) atoms. The van der Waals surface area contributed by atoms with Crippen LogP contribution in [0.3, 0.4) is 0 Å². The maximum atomic E-state index is 11.9. The summed E-state index contributed by atoms with van der Waals surface area (Å²) < 4.78 is 1.71. The monoisotopic (exact) mass is 195 g/mol. The van der Waals surface area contributed by atoms with Gasteiger partial charge in [-0.1, -0.05) is 0 Å². The van der Waals surface area contributed by atoms with Crippen molar-refractivity contribution in [1.29, 1.82) is 0 Å². The van der Waals surface area contributed by atoms with Crippen LogP contribution in [-0.4, -0.2) is 15.8 Å². The number of hydrogen-bond acceptors (Lipinski definition) is 2. The maximum Gasteiger partial charge on any atom is 0.270 e. The lowest BCUT2D eigenvalue weighted by Crippen LogP contribution is -2.34. The molecule has 78 valence electrons. The first kappa shape index (κ1) is 9.52. The number of nitrogens with one attached hydrogen (secondary N) is 2. The van der Waals surface area contributed by atoms with E-state index in [0.29, 0.717) is 6.04 Å². The summed E-state index contributed by atoms with van der Waals surface area (Å²) in [5.74, 6) is 0. The van der Waals surface area contributed by atoms with Gasteiger partial charge in [0.1, 0.15) is 0 Å². The fourth-order valence-corrected chi connectivity index (χ4v) is 1.91. The number of rotatable bonds is 1. The molecule has 1 aliphatic heterocycles. The Kier molecular flexibility index (Phi) is 2.23. The smallest absolute Gasteiger partial charge is 0.270 e. The molecule has 4 heteroatoms. The van der Waals surface area contributed by atoms with Crippen molar-refractivity contribution in [2.45, 2.75) is 45.8 Å². The third-order valence-electron chi connectivity index (χ3n) is 2.75. The number of H-pyrrole nitrogens is 1. The van der Waals surface area contributed by atoms with Crippen LogP contribution in [0.25, 0.3) is 0 Å². The van der Waals surface area contributed by atoms with Crippen molar-refractivity contribution in [3.05, 3.63) is 21.6 Å². The summed E-state index contributed by atoms with van der Waals surface area (Å²) in [6, 6.07) is 0.620. The van der Waals surface area contributed by atoms with Crippen molar-refractivity contribution in [2.75, 3.05) is 0 Å². The van der Waals surface area contributed by atoms with Crippen LogP contribution in [0, 0.1) is 0 Å². The van der Waals surface area contributed by atoms with Gasteiger partial charge in [-0.05, 0) is 27.2 Å². The second-order valence-electron chi connectivity index (χ2n) is 4.32. The summed E-state index contributed by atoms with van der Waals surface area (Å²) >= 11 is 0. The Morgan fingerprint density at radius 1 is 1.50 bits per heavy atom. The quantitative estimate of drug-likeness (QED) is 0.696. The van der Waals surface area contributed by atoms with Crippen molar-refractivity contribution in [2.24, 2.45) is 0 Å². The van der Waals surface area contributed by atoms with E-state index in [1.54, 1.807) is 4.68 Å². The molecule has 2 N–H and O–H groups in total. The summed E-state index contributed by atoms with van der Waals surface area (Å²) in [5, 5.41) is 6.50. The Bertz CT molecular complexity index is 389. The van der Waals surface area contributed by atoms with Crippen LogP contribution >= 0.6 is 0 Å². The van der Waals surface area contributed by atoms with Crippen LogP contribution in [-0.2, 0) is 13.0 Å². The van der Waals surface area contributed by atoms with Gasteiger partial charge in [-0.15, -0.1) is 0 Å². The van der Waals surface area contributed by atoms with Crippen LogP contribution < -0.4 is 10.9 Å². The van der Waals surface area contributed by atoms with Gasteiger partial charge in [0.25, 0.3) is 5.56 Å². The predicted octanol–water partition coefficient (Wildman–Crippen LogP) is 0.791. The fraction of sp³-hybridized carbons (Fsp3) is 0.700. The number of aromatic nitrogens is 2. The average molecular weight is 195 g/mol. The molecule has 0 radical (unpaired) electrons. The molecule has 2 heterocycles. The highest BCUT2D eigenvalue weighted by atomic mass is 16.1. The van der Waals surface area contributed by atoms with E-state index in [1.807, 2.05) is 13.8 Å². The van der Waals surface area contributed by atoms with Crippen molar-refractivity contribution >= 4 is 0 Å². The number of fused-ring (bicyclic) bond motifs is 1. The fourth-order valence-electron chi connectivity index (χ4n) is 1.91. The molecular formula is C10H17N3O. The van der Waals surface area contributed by atoms with Gasteiger partial charge in [0.15, 0.2) is 0 Å². The van der Waals surface area contributed by atoms with Gasteiger partial charge in [0.2, 0.25) is 0 Å². The molecule has 2 rings (SSSR count). The van der Waals surface area contributed by atoms with E-state index in [0.717, 1.165) is 24.2 Å². The minimum absolute atomic E-state index is 0.156. The number of nitrogens with zero attached hydrogens (tertiary/aromatic N) is 1. The first-order chi connectivity index (χ1) is 6.59. The summed E-state index contributed by atoms with van der Waals surface area (Å²) in [6.07, 6.45) is 0.838. The number of aromatic amines is 1. The largest absolute Gasteiger partial charge is 0.308 e. The van der Waals surface area contributed by atoms with Crippen molar-refractivity contribution < 1.29 is 0 Å². The van der Waals surface area contributed by atoms with E-state index in [4.69, 9.17) is 0 Å². The number of hydrogen-bond donors (Lipinski definition) is 2. The van der Waals surface area contributed by atoms with Gasteiger partial charge in [-0.25, -0.2) is 0 Å². The average Bonchev–Trinajstić information content (AvgIpc) is 2.44. The van der Waals surface area contributed by atoms with Gasteiger partial charge in [-0.2, -0.15) is 0 Å². The molecule has 0 saturated heterocycles. The Hall–Kier alpha value is -1.03. The second kappa shape index (κ2) is 3.28. The standard InChI is InChI=1S/C10H17N3O/c1-6(2)13-10(14)8-4-7(3)11-5-9(8)12-13/h6-7,11-12H,4-5H2,1-3H3. The van der Waals surface area contributed by atoms with Gasteiger partial charge >= 0.3 is 0 Å². The molecule has 4 nitrogen and oxygen atoms in total. The van der Waals surface area contributed by atoms with Crippen LogP contribution in [0.15, 0.2) is 4.79 Å². The van der Waals surface area contributed by atoms with Crippen LogP contribution in [0.2, 0.25) is 0 Å². The summed E-state index contributed by atoms with van der Waals surface area (Å²) in [7, 11) is 0. The molecule has 0 saturated carbocycles. The lowest BCUT2D eigenvalue weighted by atomic mass is 10.0. The predicted molar refractivity (Wildman–Crippen MR) is 55.4 cm³/mol. The Morgan fingerprint density at radius 2 is 2.21 bits per heavy atom. The van der Waals surface area contributed by atoms with Crippen molar-refractivity contribution in [3.8, 4) is 0 Å². The normalized spacial score (nSPS) is 21.3. The third-order valence-corrected chi connectivity index (χ3v) is 2.75. The molecule has 1 unspecified atom stereocenters. The minimum atomic E-state index is 0.156. The van der Waals surface area contributed by atoms with Crippen LogP contribution in [0.1, 0.15) is 38.1 Å². The minimum Gasteiger partial charge on any atom is -0.308 e. The van der Waals surface area contributed by atoms with Gasteiger partial charge in [-0.3, -0.25) is 14.6 Å². The van der Waals surface area contributed by atoms with Crippen molar-refractivity contribution in [3.63, 3.8) is 0 Å². The molecule has 1 atom stereocenters. The van der Waals surface area contributed by atoms with E-state index < -0.39 is 0 Å². The lowest BCUT2D eigenvalue weighted by molar-refractivity contribution is 0.494. The zero-order valence-electron chi connectivity index (χ0n) is 8.92. The topological polar surface area (TPSA) is 49.8 Å². The second-order valence-corrected chi connectivity index (χ2v) is 4.32. The Morgan fingerprint density at radius 3 is 2.86 bits per heavy atom. The molecule has 0 bridgehead atoms. The zero-order chi connectivity index (χ0) is 10.3. The first-order valence-electron chi connectivity index (χ1n) is 5.15. The molecule has 0 aliphatic carbocycles. The zero-order valence-corrected chi connectivity index (χ0v) is 8.92. The molecule has 0 fully saturated rings. The van der Waals surface area contributed by atoms with E-state index in [-0.39, 0.29) is 11.6 Å². The lowest BCUT2D eigenvalue weighted by Gasteiger charge is -2.18. The SMILES string of the molecule is CC1Cc2c([nH]n(C(C)C)c2=O)CN1. The highest BCUT2D eigenvalue weighted by molar-refractivity contribution is 5.21. The van der Waals surface area contributed by atoms with Gasteiger partial charge in [0.05, 0.1) is 5.69 Å². The van der Waals surface area contributed by atoms with E-state index in [9.17, 15) is 4.79 Å². The molecule has 0 spiro atoms. The van der Waals surface area contributed by atoms with E-state index in [2.05, 4.69) is 17.3 Å². The highest BCUT2D eigenvalue weighted by Gasteiger charge is 2.21. The molecule has 0 aromatic carbocycles. The molecule has 1 aromatic heterocycles. The summed E-state index contributed by atoms with van der Waals surface area (Å²) in [4.78, 5) is 11.9. The van der Waals surface area contributed by atoms with Crippen LogP contribution in [0.5, 0.6) is 0 Å². The summed E-state index contributed by atoms with van der Waals surface area (Å²) in [5.41, 5.74) is 2.18.